The SMILES string of the molecule is O=[C]CN(Cc1ccccc1)c1ccccc1. The summed E-state index contributed by atoms with van der Waals surface area (Å²) in [4.78, 5) is 12.6. The summed E-state index contributed by atoms with van der Waals surface area (Å²) < 4.78 is 0. The first kappa shape index (κ1) is 11.4. The molecule has 0 aromatic heterocycles. The molecular weight excluding hydrogens is 210 g/mol. The molecule has 1 radical (unpaired) electrons. The third-order valence-electron chi connectivity index (χ3n) is 2.59. The fourth-order valence-electron chi connectivity index (χ4n) is 1.76. The highest BCUT2D eigenvalue weighted by molar-refractivity contribution is 5.61. The lowest BCUT2D eigenvalue weighted by Crippen LogP contribution is -2.24. The van der Waals surface area contributed by atoms with Crippen LogP contribution in [0.1, 0.15) is 5.56 Å². The van der Waals surface area contributed by atoms with Crippen LogP contribution >= 0.6 is 0 Å². The van der Waals surface area contributed by atoms with Gasteiger partial charge >= 0.3 is 0 Å². The van der Waals surface area contributed by atoms with Gasteiger partial charge in [0.25, 0.3) is 0 Å². The summed E-state index contributed by atoms with van der Waals surface area (Å²) in [6.07, 6.45) is 1.96. The number of benzene rings is 2. The van der Waals surface area contributed by atoms with Crippen molar-refractivity contribution in [2.24, 2.45) is 0 Å². The van der Waals surface area contributed by atoms with E-state index >= 15 is 0 Å². The van der Waals surface area contributed by atoms with Crippen molar-refractivity contribution in [2.75, 3.05) is 11.4 Å². The number of rotatable bonds is 5. The molecule has 0 unspecified atom stereocenters. The van der Waals surface area contributed by atoms with Gasteiger partial charge < -0.3 is 4.90 Å². The molecule has 0 heterocycles. The van der Waals surface area contributed by atoms with Crippen LogP contribution in [0.15, 0.2) is 60.7 Å². The van der Waals surface area contributed by atoms with Crippen molar-refractivity contribution in [3.05, 3.63) is 66.2 Å². The lowest BCUT2D eigenvalue weighted by atomic mass is 10.2. The molecule has 0 amide bonds. The van der Waals surface area contributed by atoms with E-state index in [4.69, 9.17) is 0 Å². The molecule has 0 saturated carbocycles. The highest BCUT2D eigenvalue weighted by Gasteiger charge is 2.06. The highest BCUT2D eigenvalue weighted by atomic mass is 16.1. The van der Waals surface area contributed by atoms with Gasteiger partial charge in [-0.05, 0) is 17.7 Å². The largest absolute Gasteiger partial charge is 0.359 e. The standard InChI is InChI=1S/C15H14NO/c17-12-11-16(15-9-5-2-6-10-15)13-14-7-3-1-4-8-14/h1-10H,11,13H2. The minimum atomic E-state index is 0.291. The summed E-state index contributed by atoms with van der Waals surface area (Å²) in [5, 5.41) is 0. The number of para-hydroxylation sites is 1. The van der Waals surface area contributed by atoms with Gasteiger partial charge in [0.1, 0.15) is 0 Å². The topological polar surface area (TPSA) is 20.3 Å². The highest BCUT2D eigenvalue weighted by Crippen LogP contribution is 2.15. The Balaban J connectivity index is 2.16. The molecule has 2 nitrogen and oxygen atoms in total. The summed E-state index contributed by atoms with van der Waals surface area (Å²) >= 11 is 0. The second-order valence-corrected chi connectivity index (χ2v) is 3.82. The monoisotopic (exact) mass is 224 g/mol. The summed E-state index contributed by atoms with van der Waals surface area (Å²) in [6, 6.07) is 20.0. The zero-order valence-electron chi connectivity index (χ0n) is 9.54. The van der Waals surface area contributed by atoms with E-state index in [0.717, 1.165) is 12.2 Å². The number of hydrogen-bond acceptors (Lipinski definition) is 2. The lowest BCUT2D eigenvalue weighted by Gasteiger charge is -2.22. The molecule has 2 heteroatoms. The molecule has 85 valence electrons. The predicted octanol–water partition coefficient (Wildman–Crippen LogP) is 2.80. The number of carbonyl (C=O) groups excluding carboxylic acids is 1. The van der Waals surface area contributed by atoms with Gasteiger partial charge in [-0.15, -0.1) is 0 Å². The smallest absolute Gasteiger partial charge is 0.219 e. The van der Waals surface area contributed by atoms with Crippen LogP contribution in [0.3, 0.4) is 0 Å². The second kappa shape index (κ2) is 5.85. The lowest BCUT2D eigenvalue weighted by molar-refractivity contribution is 0.553. The Kier molecular flexibility index (Phi) is 3.92. The minimum Gasteiger partial charge on any atom is -0.359 e. The third-order valence-corrected chi connectivity index (χ3v) is 2.59. The molecule has 0 aliphatic carbocycles. The van der Waals surface area contributed by atoms with Crippen LogP contribution in [0.4, 0.5) is 5.69 Å². The third kappa shape index (κ3) is 3.18. The van der Waals surface area contributed by atoms with Crippen LogP contribution in [0, 0.1) is 0 Å². The van der Waals surface area contributed by atoms with Crippen LogP contribution in [-0.4, -0.2) is 12.8 Å². The van der Waals surface area contributed by atoms with Crippen molar-refractivity contribution >= 4 is 12.0 Å². The molecule has 0 aliphatic rings. The van der Waals surface area contributed by atoms with Gasteiger partial charge in [0, 0.05) is 12.2 Å². The van der Waals surface area contributed by atoms with Gasteiger partial charge in [0.15, 0.2) is 0 Å². The zero-order valence-corrected chi connectivity index (χ0v) is 9.54. The Hall–Kier alpha value is -2.09. The molecule has 0 N–H and O–H groups in total. The Morgan fingerprint density at radius 1 is 0.882 bits per heavy atom. The maximum absolute atomic E-state index is 10.6. The number of hydrogen-bond donors (Lipinski definition) is 0. The molecule has 0 fully saturated rings. The molecule has 0 bridgehead atoms. The van der Waals surface area contributed by atoms with Crippen LogP contribution < -0.4 is 4.90 Å². The molecule has 2 aromatic carbocycles. The summed E-state index contributed by atoms with van der Waals surface area (Å²) in [7, 11) is 0. The fourth-order valence-corrected chi connectivity index (χ4v) is 1.76. The normalized spacial score (nSPS) is 9.88. The van der Waals surface area contributed by atoms with E-state index in [2.05, 4.69) is 12.1 Å². The van der Waals surface area contributed by atoms with Crippen LogP contribution in [0.25, 0.3) is 0 Å². The van der Waals surface area contributed by atoms with E-state index in [1.807, 2.05) is 59.7 Å². The average molecular weight is 224 g/mol. The molecule has 0 saturated heterocycles. The van der Waals surface area contributed by atoms with Crippen molar-refractivity contribution in [1.29, 1.82) is 0 Å². The van der Waals surface area contributed by atoms with Crippen LogP contribution in [0.2, 0.25) is 0 Å². The summed E-state index contributed by atoms with van der Waals surface area (Å²) in [5.41, 5.74) is 2.23. The van der Waals surface area contributed by atoms with E-state index in [9.17, 15) is 4.79 Å². The average Bonchev–Trinajstić information content (AvgIpc) is 2.40. The molecule has 0 spiro atoms. The van der Waals surface area contributed by atoms with E-state index in [1.165, 1.54) is 5.56 Å². The van der Waals surface area contributed by atoms with Crippen molar-refractivity contribution in [3.63, 3.8) is 0 Å². The van der Waals surface area contributed by atoms with Crippen LogP contribution in [0.5, 0.6) is 0 Å². The minimum absolute atomic E-state index is 0.291. The van der Waals surface area contributed by atoms with Crippen molar-refractivity contribution in [1.82, 2.24) is 0 Å². The Bertz CT molecular complexity index is 453. The van der Waals surface area contributed by atoms with Crippen molar-refractivity contribution in [2.45, 2.75) is 6.54 Å². The first-order valence-corrected chi connectivity index (χ1v) is 5.59. The quantitative estimate of drug-likeness (QED) is 0.778. The van der Waals surface area contributed by atoms with Gasteiger partial charge in [-0.1, -0.05) is 48.5 Å². The van der Waals surface area contributed by atoms with E-state index < -0.39 is 0 Å². The van der Waals surface area contributed by atoms with E-state index in [-0.39, 0.29) is 0 Å². The Morgan fingerprint density at radius 2 is 1.47 bits per heavy atom. The fraction of sp³-hybridized carbons (Fsp3) is 0.133. The van der Waals surface area contributed by atoms with Gasteiger partial charge in [-0.3, -0.25) is 4.79 Å². The van der Waals surface area contributed by atoms with E-state index in [1.54, 1.807) is 0 Å². The first-order valence-electron chi connectivity index (χ1n) is 5.59. The molecule has 0 aliphatic heterocycles. The predicted molar refractivity (Wildman–Crippen MR) is 69.6 cm³/mol. The second-order valence-electron chi connectivity index (χ2n) is 3.82. The van der Waals surface area contributed by atoms with Gasteiger partial charge in [-0.25, -0.2) is 0 Å². The molecule has 0 atom stereocenters. The van der Waals surface area contributed by atoms with Gasteiger partial charge in [0.2, 0.25) is 6.29 Å². The number of anilines is 1. The van der Waals surface area contributed by atoms with Gasteiger partial charge in [0.05, 0.1) is 6.54 Å². The zero-order chi connectivity index (χ0) is 11.9. The maximum Gasteiger partial charge on any atom is 0.219 e. The van der Waals surface area contributed by atoms with Crippen molar-refractivity contribution in [3.8, 4) is 0 Å². The van der Waals surface area contributed by atoms with E-state index in [0.29, 0.717) is 6.54 Å². The Labute approximate surface area is 102 Å². The maximum atomic E-state index is 10.6. The number of nitrogens with zero attached hydrogens (tertiary/aromatic N) is 1. The molecule has 2 rings (SSSR count). The van der Waals surface area contributed by atoms with Crippen LogP contribution in [-0.2, 0) is 11.3 Å². The molecular formula is C15H14NO. The summed E-state index contributed by atoms with van der Waals surface area (Å²) in [5.74, 6) is 0. The Morgan fingerprint density at radius 3 is 2.06 bits per heavy atom. The molecule has 17 heavy (non-hydrogen) atoms. The van der Waals surface area contributed by atoms with Crippen molar-refractivity contribution < 1.29 is 4.79 Å². The van der Waals surface area contributed by atoms with Gasteiger partial charge in [-0.2, -0.15) is 0 Å². The first-order chi connectivity index (χ1) is 8.40. The molecule has 2 aromatic rings. The summed E-state index contributed by atoms with van der Waals surface area (Å²) in [6.45, 7) is 1.01.